The van der Waals surface area contributed by atoms with Gasteiger partial charge in [0.2, 0.25) is 0 Å². The Morgan fingerprint density at radius 3 is 2.93 bits per heavy atom. The van der Waals surface area contributed by atoms with E-state index in [4.69, 9.17) is 5.73 Å². The van der Waals surface area contributed by atoms with Crippen LogP contribution in [0.3, 0.4) is 0 Å². The standard InChI is InChI=1S/C13H17N/c1-2-4-10-5-3-6-12(9-10)13(14)11-7-8-11/h2-3,5-6,9,11,13H,1,4,7-8,14H2/t13-/m0/s1. The van der Waals surface area contributed by atoms with Crippen molar-refractivity contribution < 1.29 is 0 Å². The van der Waals surface area contributed by atoms with E-state index in [1.807, 2.05) is 6.08 Å². The third kappa shape index (κ3) is 2.05. The van der Waals surface area contributed by atoms with E-state index in [0.717, 1.165) is 12.3 Å². The van der Waals surface area contributed by atoms with E-state index in [1.54, 1.807) is 0 Å². The third-order valence-corrected chi connectivity index (χ3v) is 2.85. The molecule has 1 aromatic carbocycles. The van der Waals surface area contributed by atoms with Crippen LogP contribution >= 0.6 is 0 Å². The molecule has 0 unspecified atom stereocenters. The highest BCUT2D eigenvalue weighted by Gasteiger charge is 2.29. The van der Waals surface area contributed by atoms with Crippen LogP contribution in [0.25, 0.3) is 0 Å². The van der Waals surface area contributed by atoms with Crippen LogP contribution in [0.5, 0.6) is 0 Å². The summed E-state index contributed by atoms with van der Waals surface area (Å²) in [5, 5.41) is 0. The number of rotatable bonds is 4. The van der Waals surface area contributed by atoms with E-state index >= 15 is 0 Å². The molecule has 0 spiro atoms. The van der Waals surface area contributed by atoms with Crippen LogP contribution in [0, 0.1) is 5.92 Å². The molecule has 0 heterocycles. The lowest BCUT2D eigenvalue weighted by molar-refractivity contribution is 0.633. The second-order valence-electron chi connectivity index (χ2n) is 4.10. The molecule has 14 heavy (non-hydrogen) atoms. The molecule has 1 heteroatoms. The molecule has 1 saturated carbocycles. The molecule has 1 nitrogen and oxygen atoms in total. The predicted molar refractivity (Wildman–Crippen MR) is 60.0 cm³/mol. The summed E-state index contributed by atoms with van der Waals surface area (Å²) in [7, 11) is 0. The zero-order chi connectivity index (χ0) is 9.97. The molecule has 1 aliphatic carbocycles. The molecule has 0 radical (unpaired) electrons. The van der Waals surface area contributed by atoms with Crippen LogP contribution in [0.15, 0.2) is 36.9 Å². The van der Waals surface area contributed by atoms with Crippen LogP contribution in [0.1, 0.15) is 30.0 Å². The first-order valence-corrected chi connectivity index (χ1v) is 5.26. The lowest BCUT2D eigenvalue weighted by Crippen LogP contribution is -2.12. The highest BCUT2D eigenvalue weighted by atomic mass is 14.7. The first-order chi connectivity index (χ1) is 6.81. The van der Waals surface area contributed by atoms with Gasteiger partial charge in [0.15, 0.2) is 0 Å². The SMILES string of the molecule is C=CCc1cccc([C@@H](N)C2CC2)c1. The summed E-state index contributed by atoms with van der Waals surface area (Å²) in [5.41, 5.74) is 8.74. The fourth-order valence-electron chi connectivity index (χ4n) is 1.82. The molecule has 2 N–H and O–H groups in total. The van der Waals surface area contributed by atoms with E-state index in [1.165, 1.54) is 24.0 Å². The summed E-state index contributed by atoms with van der Waals surface area (Å²) in [6.07, 6.45) is 5.46. The van der Waals surface area contributed by atoms with Gasteiger partial charge in [-0.3, -0.25) is 0 Å². The molecule has 0 aliphatic heterocycles. The average molecular weight is 187 g/mol. The molecule has 1 aromatic rings. The van der Waals surface area contributed by atoms with Crippen LogP contribution in [-0.4, -0.2) is 0 Å². The number of hydrogen-bond acceptors (Lipinski definition) is 1. The fraction of sp³-hybridized carbons (Fsp3) is 0.385. The number of nitrogens with two attached hydrogens (primary N) is 1. The highest BCUT2D eigenvalue weighted by molar-refractivity contribution is 5.28. The third-order valence-electron chi connectivity index (χ3n) is 2.85. The Hall–Kier alpha value is -1.08. The van der Waals surface area contributed by atoms with Crippen molar-refractivity contribution in [2.45, 2.75) is 25.3 Å². The van der Waals surface area contributed by atoms with E-state index in [2.05, 4.69) is 30.8 Å². The Morgan fingerprint density at radius 2 is 2.29 bits per heavy atom. The van der Waals surface area contributed by atoms with Crippen molar-refractivity contribution in [2.24, 2.45) is 11.7 Å². The molecule has 0 aromatic heterocycles. The van der Waals surface area contributed by atoms with Crippen molar-refractivity contribution in [1.29, 1.82) is 0 Å². The minimum atomic E-state index is 0.250. The summed E-state index contributed by atoms with van der Waals surface area (Å²) in [6.45, 7) is 3.75. The first kappa shape index (κ1) is 9.47. The van der Waals surface area contributed by atoms with Crippen molar-refractivity contribution in [2.75, 3.05) is 0 Å². The van der Waals surface area contributed by atoms with Gasteiger partial charge in [0, 0.05) is 6.04 Å². The van der Waals surface area contributed by atoms with Crippen molar-refractivity contribution in [3.63, 3.8) is 0 Å². The van der Waals surface area contributed by atoms with Crippen LogP contribution in [-0.2, 0) is 6.42 Å². The number of allylic oxidation sites excluding steroid dienone is 1. The van der Waals surface area contributed by atoms with Crippen molar-refractivity contribution in [3.05, 3.63) is 48.0 Å². The molecule has 2 rings (SSSR count). The molecular formula is C13H17N. The highest BCUT2D eigenvalue weighted by Crippen LogP contribution is 2.39. The van der Waals surface area contributed by atoms with E-state index in [-0.39, 0.29) is 6.04 Å². The zero-order valence-corrected chi connectivity index (χ0v) is 8.45. The first-order valence-electron chi connectivity index (χ1n) is 5.26. The van der Waals surface area contributed by atoms with Gasteiger partial charge in [0.25, 0.3) is 0 Å². The van der Waals surface area contributed by atoms with Crippen LogP contribution in [0.2, 0.25) is 0 Å². The molecule has 1 atom stereocenters. The molecule has 1 fully saturated rings. The maximum Gasteiger partial charge on any atom is 0.0323 e. The van der Waals surface area contributed by atoms with Gasteiger partial charge in [0.05, 0.1) is 0 Å². The van der Waals surface area contributed by atoms with Gasteiger partial charge in [-0.1, -0.05) is 30.3 Å². The Kier molecular flexibility index (Phi) is 2.69. The topological polar surface area (TPSA) is 26.0 Å². The molecule has 0 saturated heterocycles. The van der Waals surface area contributed by atoms with E-state index in [0.29, 0.717) is 0 Å². The largest absolute Gasteiger partial charge is 0.324 e. The van der Waals surface area contributed by atoms with E-state index < -0.39 is 0 Å². The molecular weight excluding hydrogens is 170 g/mol. The Bertz CT molecular complexity index is 326. The molecule has 0 bridgehead atoms. The number of benzene rings is 1. The van der Waals surface area contributed by atoms with Gasteiger partial charge in [-0.05, 0) is 36.3 Å². The fourth-order valence-corrected chi connectivity index (χ4v) is 1.82. The number of hydrogen-bond donors (Lipinski definition) is 1. The Labute approximate surface area is 85.6 Å². The van der Waals surface area contributed by atoms with Crippen molar-refractivity contribution >= 4 is 0 Å². The Balaban J connectivity index is 2.15. The normalized spacial score (nSPS) is 17.8. The quantitative estimate of drug-likeness (QED) is 0.721. The minimum absolute atomic E-state index is 0.250. The Morgan fingerprint density at radius 1 is 1.50 bits per heavy atom. The van der Waals surface area contributed by atoms with Gasteiger partial charge in [-0.15, -0.1) is 6.58 Å². The maximum atomic E-state index is 6.14. The van der Waals surface area contributed by atoms with Gasteiger partial charge in [0.1, 0.15) is 0 Å². The summed E-state index contributed by atoms with van der Waals surface area (Å²) in [5.74, 6) is 0.731. The molecule has 74 valence electrons. The van der Waals surface area contributed by atoms with Crippen molar-refractivity contribution in [3.8, 4) is 0 Å². The van der Waals surface area contributed by atoms with Crippen molar-refractivity contribution in [1.82, 2.24) is 0 Å². The zero-order valence-electron chi connectivity index (χ0n) is 8.45. The molecule has 1 aliphatic rings. The lowest BCUT2D eigenvalue weighted by atomic mass is 10.00. The van der Waals surface area contributed by atoms with E-state index in [9.17, 15) is 0 Å². The van der Waals surface area contributed by atoms with Gasteiger partial charge in [-0.25, -0.2) is 0 Å². The van der Waals surface area contributed by atoms with Gasteiger partial charge >= 0.3 is 0 Å². The maximum absolute atomic E-state index is 6.14. The lowest BCUT2D eigenvalue weighted by Gasteiger charge is -2.11. The van der Waals surface area contributed by atoms with Crippen LogP contribution < -0.4 is 5.73 Å². The minimum Gasteiger partial charge on any atom is -0.324 e. The second-order valence-corrected chi connectivity index (χ2v) is 4.10. The second kappa shape index (κ2) is 3.97. The monoisotopic (exact) mass is 187 g/mol. The van der Waals surface area contributed by atoms with Gasteiger partial charge < -0.3 is 5.73 Å². The predicted octanol–water partition coefficient (Wildman–Crippen LogP) is 2.82. The summed E-state index contributed by atoms with van der Waals surface area (Å²) >= 11 is 0. The molecule has 0 amide bonds. The summed E-state index contributed by atoms with van der Waals surface area (Å²) in [4.78, 5) is 0. The average Bonchev–Trinajstić information content (AvgIpc) is 3.01. The summed E-state index contributed by atoms with van der Waals surface area (Å²) in [6, 6.07) is 8.82. The van der Waals surface area contributed by atoms with Gasteiger partial charge in [-0.2, -0.15) is 0 Å². The smallest absolute Gasteiger partial charge is 0.0323 e. The summed E-state index contributed by atoms with van der Waals surface area (Å²) < 4.78 is 0. The van der Waals surface area contributed by atoms with Crippen LogP contribution in [0.4, 0.5) is 0 Å².